The molecule has 20 heavy (non-hydrogen) atoms. The number of para-hydroxylation sites is 1. The van der Waals surface area contributed by atoms with Crippen molar-refractivity contribution in [3.63, 3.8) is 0 Å². The van der Waals surface area contributed by atoms with Crippen LogP contribution in [0.25, 0.3) is 0 Å². The standard InChI is InChI=1S/C16H13ClO3/c1-19-14-7-6-11(17)9-12(14)16(18)15-8-10-4-2-3-5-13(10)20-15/h2-7,9,15H,8H2,1H3. The fourth-order valence-electron chi connectivity index (χ4n) is 2.37. The predicted molar refractivity (Wildman–Crippen MR) is 76.9 cm³/mol. The summed E-state index contributed by atoms with van der Waals surface area (Å²) in [6, 6.07) is 12.7. The zero-order valence-electron chi connectivity index (χ0n) is 10.9. The number of Topliss-reactive ketones (excluding diaryl/α,β-unsaturated/α-hetero) is 1. The van der Waals surface area contributed by atoms with E-state index >= 15 is 0 Å². The van der Waals surface area contributed by atoms with E-state index in [1.807, 2.05) is 24.3 Å². The monoisotopic (exact) mass is 288 g/mol. The molecule has 3 rings (SSSR count). The Morgan fingerprint density at radius 2 is 2.10 bits per heavy atom. The Labute approximate surface area is 122 Å². The van der Waals surface area contributed by atoms with Crippen molar-refractivity contribution < 1.29 is 14.3 Å². The number of ketones is 1. The lowest BCUT2D eigenvalue weighted by Gasteiger charge is -2.12. The summed E-state index contributed by atoms with van der Waals surface area (Å²) < 4.78 is 10.9. The lowest BCUT2D eigenvalue weighted by Crippen LogP contribution is -2.25. The fraction of sp³-hybridized carbons (Fsp3) is 0.188. The molecule has 2 aromatic carbocycles. The third-order valence-electron chi connectivity index (χ3n) is 3.37. The molecule has 0 radical (unpaired) electrons. The third kappa shape index (κ3) is 2.25. The average Bonchev–Trinajstić information content (AvgIpc) is 2.90. The molecule has 1 unspecified atom stereocenters. The number of methoxy groups -OCH3 is 1. The van der Waals surface area contributed by atoms with Gasteiger partial charge in [-0.3, -0.25) is 4.79 Å². The van der Waals surface area contributed by atoms with E-state index in [9.17, 15) is 4.79 Å². The number of rotatable bonds is 3. The lowest BCUT2D eigenvalue weighted by atomic mass is 10.0. The molecule has 3 nitrogen and oxygen atoms in total. The molecule has 2 aromatic rings. The zero-order chi connectivity index (χ0) is 14.1. The molecule has 1 heterocycles. The fourth-order valence-corrected chi connectivity index (χ4v) is 2.55. The quantitative estimate of drug-likeness (QED) is 0.811. The first kappa shape index (κ1) is 13.0. The van der Waals surface area contributed by atoms with Crippen LogP contribution in [0.15, 0.2) is 42.5 Å². The number of ether oxygens (including phenoxy) is 2. The van der Waals surface area contributed by atoms with Gasteiger partial charge in [0.15, 0.2) is 6.10 Å². The topological polar surface area (TPSA) is 35.5 Å². The summed E-state index contributed by atoms with van der Waals surface area (Å²) in [4.78, 5) is 12.6. The molecule has 0 aromatic heterocycles. The van der Waals surface area contributed by atoms with Crippen molar-refractivity contribution in [1.29, 1.82) is 0 Å². The largest absolute Gasteiger partial charge is 0.496 e. The maximum Gasteiger partial charge on any atom is 0.207 e. The summed E-state index contributed by atoms with van der Waals surface area (Å²) in [7, 11) is 1.53. The first-order chi connectivity index (χ1) is 9.69. The van der Waals surface area contributed by atoms with Crippen LogP contribution in [0, 0.1) is 0 Å². The van der Waals surface area contributed by atoms with Crippen LogP contribution in [-0.2, 0) is 6.42 Å². The summed E-state index contributed by atoms with van der Waals surface area (Å²) in [6.45, 7) is 0. The highest BCUT2D eigenvalue weighted by Crippen LogP contribution is 2.32. The van der Waals surface area contributed by atoms with Gasteiger partial charge in [-0.15, -0.1) is 0 Å². The molecule has 4 heteroatoms. The molecule has 0 fully saturated rings. The van der Waals surface area contributed by atoms with Crippen molar-refractivity contribution in [2.45, 2.75) is 12.5 Å². The minimum Gasteiger partial charge on any atom is -0.496 e. The molecule has 1 atom stereocenters. The Hall–Kier alpha value is -2.00. The van der Waals surface area contributed by atoms with Crippen molar-refractivity contribution in [1.82, 2.24) is 0 Å². The van der Waals surface area contributed by atoms with E-state index in [-0.39, 0.29) is 5.78 Å². The molecular formula is C16H13ClO3. The molecule has 0 aliphatic carbocycles. The van der Waals surface area contributed by atoms with Crippen LogP contribution < -0.4 is 9.47 Å². The first-order valence-corrected chi connectivity index (χ1v) is 6.69. The van der Waals surface area contributed by atoms with E-state index in [2.05, 4.69) is 0 Å². The number of hydrogen-bond donors (Lipinski definition) is 0. The number of fused-ring (bicyclic) bond motifs is 1. The van der Waals surface area contributed by atoms with Gasteiger partial charge in [0.05, 0.1) is 12.7 Å². The Morgan fingerprint density at radius 3 is 2.85 bits per heavy atom. The lowest BCUT2D eigenvalue weighted by molar-refractivity contribution is 0.0821. The number of benzene rings is 2. The van der Waals surface area contributed by atoms with Crippen LogP contribution in [0.2, 0.25) is 5.02 Å². The minimum absolute atomic E-state index is 0.111. The van der Waals surface area contributed by atoms with E-state index in [0.717, 1.165) is 11.3 Å². The number of carbonyl (C=O) groups excluding carboxylic acids is 1. The van der Waals surface area contributed by atoms with Gasteiger partial charge in [0.2, 0.25) is 5.78 Å². The van der Waals surface area contributed by atoms with Crippen molar-refractivity contribution >= 4 is 17.4 Å². The second-order valence-corrected chi connectivity index (χ2v) is 5.06. The highest BCUT2D eigenvalue weighted by molar-refractivity contribution is 6.31. The molecule has 102 valence electrons. The molecule has 0 N–H and O–H groups in total. The van der Waals surface area contributed by atoms with Crippen LogP contribution in [0.1, 0.15) is 15.9 Å². The first-order valence-electron chi connectivity index (χ1n) is 6.31. The van der Waals surface area contributed by atoms with Gasteiger partial charge in [-0.25, -0.2) is 0 Å². The maximum absolute atomic E-state index is 12.6. The average molecular weight is 289 g/mol. The van der Waals surface area contributed by atoms with Crippen LogP contribution >= 0.6 is 11.6 Å². The summed E-state index contributed by atoms with van der Waals surface area (Å²) in [6.07, 6.45) is 0.0600. The summed E-state index contributed by atoms with van der Waals surface area (Å²) in [5, 5.41) is 0.504. The third-order valence-corrected chi connectivity index (χ3v) is 3.60. The molecule has 0 spiro atoms. The van der Waals surface area contributed by atoms with Gasteiger partial charge in [-0.2, -0.15) is 0 Å². The molecule has 0 bridgehead atoms. The van der Waals surface area contributed by atoms with Crippen molar-refractivity contribution in [2.24, 2.45) is 0 Å². The van der Waals surface area contributed by atoms with Crippen LogP contribution in [0.3, 0.4) is 0 Å². The highest BCUT2D eigenvalue weighted by Gasteiger charge is 2.31. The van der Waals surface area contributed by atoms with Crippen molar-refractivity contribution in [3.8, 4) is 11.5 Å². The second kappa shape index (κ2) is 5.17. The zero-order valence-corrected chi connectivity index (χ0v) is 11.7. The summed E-state index contributed by atoms with van der Waals surface area (Å²) >= 11 is 5.97. The van der Waals surface area contributed by atoms with Gasteiger partial charge in [0.1, 0.15) is 11.5 Å². The molecule has 0 saturated heterocycles. The van der Waals surface area contributed by atoms with Gasteiger partial charge in [-0.05, 0) is 29.8 Å². The van der Waals surface area contributed by atoms with E-state index in [0.29, 0.717) is 22.8 Å². The molecule has 0 saturated carbocycles. The highest BCUT2D eigenvalue weighted by atomic mass is 35.5. The van der Waals surface area contributed by atoms with Crippen LogP contribution in [-0.4, -0.2) is 19.0 Å². The SMILES string of the molecule is COc1ccc(Cl)cc1C(=O)C1Cc2ccccc2O1. The Morgan fingerprint density at radius 1 is 1.30 bits per heavy atom. The Balaban J connectivity index is 1.90. The van der Waals surface area contributed by atoms with Gasteiger partial charge in [-0.1, -0.05) is 29.8 Å². The van der Waals surface area contributed by atoms with Gasteiger partial charge in [0, 0.05) is 11.4 Å². The van der Waals surface area contributed by atoms with Crippen molar-refractivity contribution in [2.75, 3.05) is 7.11 Å². The van der Waals surface area contributed by atoms with Crippen LogP contribution in [0.5, 0.6) is 11.5 Å². The minimum atomic E-state index is -0.514. The summed E-state index contributed by atoms with van der Waals surface area (Å²) in [5.41, 5.74) is 1.50. The van der Waals surface area contributed by atoms with E-state index in [4.69, 9.17) is 21.1 Å². The Bertz CT molecular complexity index is 642. The second-order valence-electron chi connectivity index (χ2n) is 4.63. The molecular weight excluding hydrogens is 276 g/mol. The van der Waals surface area contributed by atoms with Gasteiger partial charge >= 0.3 is 0 Å². The number of carbonyl (C=O) groups is 1. The van der Waals surface area contributed by atoms with Gasteiger partial charge in [0.25, 0.3) is 0 Å². The number of halogens is 1. The van der Waals surface area contributed by atoms with E-state index < -0.39 is 6.10 Å². The van der Waals surface area contributed by atoms with E-state index in [1.165, 1.54) is 7.11 Å². The molecule has 0 amide bonds. The normalized spacial score (nSPS) is 16.4. The Kier molecular flexibility index (Phi) is 3.36. The van der Waals surface area contributed by atoms with Crippen molar-refractivity contribution in [3.05, 3.63) is 58.6 Å². The molecule has 1 aliphatic rings. The number of hydrogen-bond acceptors (Lipinski definition) is 3. The van der Waals surface area contributed by atoms with E-state index in [1.54, 1.807) is 18.2 Å². The van der Waals surface area contributed by atoms with Gasteiger partial charge < -0.3 is 9.47 Å². The predicted octanol–water partition coefficient (Wildman–Crippen LogP) is 3.54. The smallest absolute Gasteiger partial charge is 0.207 e. The summed E-state index contributed by atoms with van der Waals surface area (Å²) in [5.74, 6) is 1.17. The molecule has 1 aliphatic heterocycles. The maximum atomic E-state index is 12.6. The van der Waals surface area contributed by atoms with Crippen LogP contribution in [0.4, 0.5) is 0 Å².